The molecule has 2 saturated carbocycles. The standard InChI is InChI=1S/C8H14O/c1-8-5-6(8)3-2-4-7(8)9/h6-7,9H,2-5H2,1H3/t6-,7?,8+/m1/s1. The van der Waals surface area contributed by atoms with Crippen LogP contribution in [0.15, 0.2) is 0 Å². The van der Waals surface area contributed by atoms with Crippen LogP contribution >= 0.6 is 0 Å². The zero-order valence-corrected chi connectivity index (χ0v) is 5.93. The van der Waals surface area contributed by atoms with E-state index >= 15 is 0 Å². The molecule has 2 aliphatic carbocycles. The van der Waals surface area contributed by atoms with Crippen molar-refractivity contribution in [3.8, 4) is 0 Å². The van der Waals surface area contributed by atoms with E-state index in [-0.39, 0.29) is 6.10 Å². The van der Waals surface area contributed by atoms with Gasteiger partial charge in [-0.3, -0.25) is 0 Å². The van der Waals surface area contributed by atoms with Crippen LogP contribution in [0.25, 0.3) is 0 Å². The van der Waals surface area contributed by atoms with Gasteiger partial charge in [0.2, 0.25) is 0 Å². The third-order valence-corrected chi connectivity index (χ3v) is 3.25. The molecule has 2 aliphatic rings. The SMILES string of the molecule is C[C@]12C[C@H]1CCCC2O. The average molecular weight is 126 g/mol. The highest BCUT2D eigenvalue weighted by Crippen LogP contribution is 2.60. The van der Waals surface area contributed by atoms with Gasteiger partial charge >= 0.3 is 0 Å². The highest BCUT2D eigenvalue weighted by Gasteiger charge is 2.55. The van der Waals surface area contributed by atoms with Gasteiger partial charge in [0.05, 0.1) is 6.10 Å². The largest absolute Gasteiger partial charge is 0.393 e. The first-order valence-electron chi connectivity index (χ1n) is 3.91. The van der Waals surface area contributed by atoms with Crippen LogP contribution in [0.5, 0.6) is 0 Å². The minimum Gasteiger partial charge on any atom is -0.393 e. The van der Waals surface area contributed by atoms with E-state index in [9.17, 15) is 5.11 Å². The number of hydrogen-bond donors (Lipinski definition) is 1. The predicted molar refractivity (Wildman–Crippen MR) is 36.1 cm³/mol. The normalized spacial score (nSPS) is 56.7. The van der Waals surface area contributed by atoms with Crippen molar-refractivity contribution in [3.63, 3.8) is 0 Å². The molecule has 1 N–H and O–H groups in total. The second kappa shape index (κ2) is 1.51. The van der Waals surface area contributed by atoms with Gasteiger partial charge in [0, 0.05) is 0 Å². The molecule has 9 heavy (non-hydrogen) atoms. The van der Waals surface area contributed by atoms with Gasteiger partial charge in [-0.1, -0.05) is 13.3 Å². The second-order valence-corrected chi connectivity index (χ2v) is 3.85. The van der Waals surface area contributed by atoms with Crippen LogP contribution in [0.3, 0.4) is 0 Å². The Bertz CT molecular complexity index is 133. The first kappa shape index (κ1) is 5.72. The number of fused-ring (bicyclic) bond motifs is 1. The van der Waals surface area contributed by atoms with E-state index in [1.807, 2.05) is 0 Å². The Balaban J connectivity index is 2.10. The fraction of sp³-hybridized carbons (Fsp3) is 1.00. The molecule has 0 bridgehead atoms. The van der Waals surface area contributed by atoms with Crippen molar-refractivity contribution >= 4 is 0 Å². The van der Waals surface area contributed by atoms with Gasteiger partial charge < -0.3 is 5.11 Å². The van der Waals surface area contributed by atoms with Crippen LogP contribution in [0.2, 0.25) is 0 Å². The van der Waals surface area contributed by atoms with Crippen LogP contribution in [-0.2, 0) is 0 Å². The Morgan fingerprint density at radius 2 is 2.22 bits per heavy atom. The van der Waals surface area contributed by atoms with Gasteiger partial charge in [-0.05, 0) is 30.6 Å². The maximum atomic E-state index is 9.48. The van der Waals surface area contributed by atoms with Crippen molar-refractivity contribution in [2.24, 2.45) is 11.3 Å². The maximum Gasteiger partial charge on any atom is 0.0596 e. The lowest BCUT2D eigenvalue weighted by atomic mass is 9.87. The Morgan fingerprint density at radius 1 is 1.44 bits per heavy atom. The van der Waals surface area contributed by atoms with Crippen molar-refractivity contribution < 1.29 is 5.11 Å². The molecule has 1 heteroatoms. The minimum atomic E-state index is 0.0243. The molecule has 0 amide bonds. The number of hydrogen-bond acceptors (Lipinski definition) is 1. The molecule has 0 aromatic carbocycles. The second-order valence-electron chi connectivity index (χ2n) is 3.85. The summed E-state index contributed by atoms with van der Waals surface area (Å²) in [5.41, 5.74) is 0.359. The zero-order valence-electron chi connectivity index (χ0n) is 5.93. The molecular weight excluding hydrogens is 112 g/mol. The summed E-state index contributed by atoms with van der Waals surface area (Å²) in [6.07, 6.45) is 4.98. The van der Waals surface area contributed by atoms with E-state index in [1.165, 1.54) is 19.3 Å². The molecule has 2 rings (SSSR count). The third-order valence-electron chi connectivity index (χ3n) is 3.25. The summed E-state index contributed by atoms with van der Waals surface area (Å²) in [5.74, 6) is 0.876. The fourth-order valence-corrected chi connectivity index (χ4v) is 2.20. The Hall–Kier alpha value is -0.0400. The average Bonchev–Trinajstić information content (AvgIpc) is 2.44. The quantitative estimate of drug-likeness (QED) is 0.522. The summed E-state index contributed by atoms with van der Waals surface area (Å²) in [7, 11) is 0. The van der Waals surface area contributed by atoms with E-state index in [2.05, 4.69) is 6.92 Å². The highest BCUT2D eigenvalue weighted by molar-refractivity contribution is 5.05. The molecule has 1 unspecified atom stereocenters. The van der Waals surface area contributed by atoms with Gasteiger partial charge in [-0.25, -0.2) is 0 Å². The zero-order chi connectivity index (χ0) is 6.48. The van der Waals surface area contributed by atoms with E-state index in [1.54, 1.807) is 0 Å². The van der Waals surface area contributed by atoms with Gasteiger partial charge in [-0.2, -0.15) is 0 Å². The smallest absolute Gasteiger partial charge is 0.0596 e. The van der Waals surface area contributed by atoms with Crippen LogP contribution in [0.1, 0.15) is 32.6 Å². The van der Waals surface area contributed by atoms with E-state index in [0.717, 1.165) is 12.3 Å². The summed E-state index contributed by atoms with van der Waals surface area (Å²) < 4.78 is 0. The van der Waals surface area contributed by atoms with Crippen molar-refractivity contribution in [2.45, 2.75) is 38.7 Å². The van der Waals surface area contributed by atoms with E-state index in [4.69, 9.17) is 0 Å². The Morgan fingerprint density at radius 3 is 2.78 bits per heavy atom. The lowest BCUT2D eigenvalue weighted by molar-refractivity contribution is 0.0647. The van der Waals surface area contributed by atoms with Gasteiger partial charge in [0.1, 0.15) is 0 Å². The fourth-order valence-electron chi connectivity index (χ4n) is 2.20. The lowest BCUT2D eigenvalue weighted by Crippen LogP contribution is -2.24. The first-order chi connectivity index (χ1) is 4.23. The third kappa shape index (κ3) is 0.644. The van der Waals surface area contributed by atoms with Crippen LogP contribution < -0.4 is 0 Å². The van der Waals surface area contributed by atoms with Crippen LogP contribution in [-0.4, -0.2) is 11.2 Å². The van der Waals surface area contributed by atoms with Gasteiger partial charge in [0.15, 0.2) is 0 Å². The number of rotatable bonds is 0. The van der Waals surface area contributed by atoms with E-state index < -0.39 is 0 Å². The first-order valence-corrected chi connectivity index (χ1v) is 3.91. The molecule has 0 radical (unpaired) electrons. The van der Waals surface area contributed by atoms with Gasteiger partial charge in [0.25, 0.3) is 0 Å². The van der Waals surface area contributed by atoms with Crippen molar-refractivity contribution in [2.75, 3.05) is 0 Å². The van der Waals surface area contributed by atoms with Crippen LogP contribution in [0.4, 0.5) is 0 Å². The minimum absolute atomic E-state index is 0.0243. The van der Waals surface area contributed by atoms with Crippen molar-refractivity contribution in [1.29, 1.82) is 0 Å². The summed E-state index contributed by atoms with van der Waals surface area (Å²) in [5, 5.41) is 9.48. The number of aliphatic hydroxyl groups excluding tert-OH is 1. The molecule has 2 fully saturated rings. The molecule has 0 spiro atoms. The molecule has 1 nitrogen and oxygen atoms in total. The monoisotopic (exact) mass is 126 g/mol. The summed E-state index contributed by atoms with van der Waals surface area (Å²) in [4.78, 5) is 0. The summed E-state index contributed by atoms with van der Waals surface area (Å²) in [6, 6.07) is 0. The van der Waals surface area contributed by atoms with Gasteiger partial charge in [-0.15, -0.1) is 0 Å². The topological polar surface area (TPSA) is 20.2 Å². The molecular formula is C8H14O. The Labute approximate surface area is 56.1 Å². The van der Waals surface area contributed by atoms with E-state index in [0.29, 0.717) is 5.41 Å². The molecule has 0 aromatic heterocycles. The maximum absolute atomic E-state index is 9.48. The van der Waals surface area contributed by atoms with Crippen LogP contribution in [0, 0.1) is 11.3 Å². The van der Waals surface area contributed by atoms with Crippen molar-refractivity contribution in [3.05, 3.63) is 0 Å². The molecule has 0 heterocycles. The summed E-state index contributed by atoms with van der Waals surface area (Å²) in [6.45, 7) is 2.22. The molecule has 52 valence electrons. The lowest BCUT2D eigenvalue weighted by Gasteiger charge is -2.23. The Kier molecular flexibility index (Phi) is 0.963. The highest BCUT2D eigenvalue weighted by atomic mass is 16.3. The molecule has 3 atom stereocenters. The molecule has 0 aliphatic heterocycles. The molecule has 0 saturated heterocycles. The predicted octanol–water partition coefficient (Wildman–Crippen LogP) is 1.56. The number of aliphatic hydroxyl groups is 1. The summed E-state index contributed by atoms with van der Waals surface area (Å²) >= 11 is 0. The van der Waals surface area contributed by atoms with Crippen molar-refractivity contribution in [1.82, 2.24) is 0 Å². The molecule has 0 aromatic rings.